The maximum atomic E-state index is 11.7. The summed E-state index contributed by atoms with van der Waals surface area (Å²) in [7, 11) is 3.03. The van der Waals surface area contributed by atoms with Gasteiger partial charge in [0.25, 0.3) is 0 Å². The predicted octanol–water partition coefficient (Wildman–Crippen LogP) is 3.10. The molecule has 28 heavy (non-hydrogen) atoms. The Kier molecular flexibility index (Phi) is 8.70. The number of carbonyl (C=O) groups is 1. The van der Waals surface area contributed by atoms with Crippen molar-refractivity contribution >= 4 is 23.5 Å². The molecule has 0 spiro atoms. The van der Waals surface area contributed by atoms with Gasteiger partial charge in [0.1, 0.15) is 0 Å². The molecule has 1 aliphatic rings. The van der Waals surface area contributed by atoms with Gasteiger partial charge in [0.15, 0.2) is 17.5 Å². The van der Waals surface area contributed by atoms with Gasteiger partial charge in [-0.2, -0.15) is 0 Å². The minimum absolute atomic E-state index is 0.0293. The van der Waals surface area contributed by atoms with Crippen LogP contribution in [-0.2, 0) is 16.1 Å². The van der Waals surface area contributed by atoms with E-state index in [9.17, 15) is 4.79 Å². The number of methoxy groups -OCH3 is 2. The van der Waals surface area contributed by atoms with Crippen molar-refractivity contribution in [2.24, 2.45) is 10.9 Å². The number of nitrogens with zero attached hydrogens (tertiary/aromatic N) is 2. The molecule has 0 aromatic heterocycles. The number of benzene rings is 1. The molecule has 1 heterocycles. The van der Waals surface area contributed by atoms with E-state index in [2.05, 4.69) is 10.2 Å². The van der Waals surface area contributed by atoms with E-state index >= 15 is 0 Å². The summed E-state index contributed by atoms with van der Waals surface area (Å²) in [4.78, 5) is 18.7. The molecule has 0 amide bonds. The molecular weight excluding hydrogens is 382 g/mol. The molecule has 0 atom stereocenters. The molecule has 1 aromatic rings. The summed E-state index contributed by atoms with van der Waals surface area (Å²) in [6.45, 7) is 7.20. The van der Waals surface area contributed by atoms with Gasteiger partial charge in [-0.05, 0) is 44.4 Å². The number of nitrogens with one attached hydrogen (secondary N) is 1. The standard InChI is InChI=1S/C20H30ClN3O4/c1-5-22-20(24-9-7-15(8-10-24)19(25)27-4)23-13-14-11-16(21)18(28-6-2)17(12-14)26-3/h11-12,15H,5-10,13H2,1-4H3,(H,22,23). The first-order chi connectivity index (χ1) is 13.5. The van der Waals surface area contributed by atoms with Crippen molar-refractivity contribution in [2.75, 3.05) is 40.5 Å². The van der Waals surface area contributed by atoms with Gasteiger partial charge in [-0.15, -0.1) is 0 Å². The number of esters is 1. The Morgan fingerprint density at radius 3 is 2.57 bits per heavy atom. The highest BCUT2D eigenvalue weighted by Crippen LogP contribution is 2.36. The summed E-state index contributed by atoms with van der Waals surface area (Å²) in [5.41, 5.74) is 0.935. The first kappa shape index (κ1) is 22.1. The first-order valence-electron chi connectivity index (χ1n) is 9.64. The van der Waals surface area contributed by atoms with Gasteiger partial charge in [0, 0.05) is 19.6 Å². The number of hydrogen-bond donors (Lipinski definition) is 1. The number of carbonyl (C=O) groups excluding carboxylic acids is 1. The zero-order valence-corrected chi connectivity index (χ0v) is 17.8. The number of rotatable bonds is 7. The van der Waals surface area contributed by atoms with Crippen LogP contribution in [0.4, 0.5) is 0 Å². The SMILES string of the molecule is CCNC(=NCc1cc(Cl)c(OCC)c(OC)c1)N1CCC(C(=O)OC)CC1. The largest absolute Gasteiger partial charge is 0.493 e. The Bertz CT molecular complexity index is 688. The van der Waals surface area contributed by atoms with E-state index in [1.54, 1.807) is 7.11 Å². The molecule has 156 valence electrons. The van der Waals surface area contributed by atoms with Gasteiger partial charge in [0.2, 0.25) is 0 Å². The predicted molar refractivity (Wildman–Crippen MR) is 110 cm³/mol. The fourth-order valence-corrected chi connectivity index (χ4v) is 3.52. The molecule has 0 radical (unpaired) electrons. The van der Waals surface area contributed by atoms with Gasteiger partial charge in [-0.1, -0.05) is 11.6 Å². The Balaban J connectivity index is 2.11. The third-order valence-corrected chi connectivity index (χ3v) is 4.93. The summed E-state index contributed by atoms with van der Waals surface area (Å²) in [5.74, 6) is 1.82. The number of hydrogen-bond acceptors (Lipinski definition) is 5. The fraction of sp³-hybridized carbons (Fsp3) is 0.600. The van der Waals surface area contributed by atoms with E-state index < -0.39 is 0 Å². The number of piperidine rings is 1. The van der Waals surface area contributed by atoms with Gasteiger partial charge in [0.05, 0.1) is 38.3 Å². The van der Waals surface area contributed by atoms with Crippen molar-refractivity contribution in [3.63, 3.8) is 0 Å². The summed E-state index contributed by atoms with van der Waals surface area (Å²) in [6.07, 6.45) is 1.53. The minimum atomic E-state index is -0.127. The zero-order chi connectivity index (χ0) is 20.5. The van der Waals surface area contributed by atoms with E-state index in [0.29, 0.717) is 29.7 Å². The maximum absolute atomic E-state index is 11.7. The van der Waals surface area contributed by atoms with Crippen LogP contribution < -0.4 is 14.8 Å². The summed E-state index contributed by atoms with van der Waals surface area (Å²) >= 11 is 6.35. The molecule has 0 saturated carbocycles. The molecule has 1 fully saturated rings. The maximum Gasteiger partial charge on any atom is 0.308 e. The first-order valence-corrected chi connectivity index (χ1v) is 10.0. The van der Waals surface area contributed by atoms with Crippen molar-refractivity contribution in [1.82, 2.24) is 10.2 Å². The van der Waals surface area contributed by atoms with E-state index in [1.165, 1.54) is 7.11 Å². The van der Waals surface area contributed by atoms with Crippen molar-refractivity contribution in [3.05, 3.63) is 22.7 Å². The van der Waals surface area contributed by atoms with Crippen molar-refractivity contribution < 1.29 is 19.0 Å². The normalized spacial score (nSPS) is 15.3. The van der Waals surface area contributed by atoms with Crippen molar-refractivity contribution in [3.8, 4) is 11.5 Å². The van der Waals surface area contributed by atoms with Crippen LogP contribution in [0.25, 0.3) is 0 Å². The number of aliphatic imine (C=N–C) groups is 1. The molecule has 0 unspecified atom stereocenters. The molecule has 2 rings (SSSR count). The molecule has 0 bridgehead atoms. The highest BCUT2D eigenvalue weighted by atomic mass is 35.5. The molecular formula is C20H30ClN3O4. The Morgan fingerprint density at radius 2 is 2.00 bits per heavy atom. The van der Waals surface area contributed by atoms with E-state index in [1.807, 2.05) is 26.0 Å². The van der Waals surface area contributed by atoms with Gasteiger partial charge < -0.3 is 24.4 Å². The van der Waals surface area contributed by atoms with Crippen LogP contribution in [-0.4, -0.2) is 57.3 Å². The number of ether oxygens (including phenoxy) is 3. The molecule has 1 aromatic carbocycles. The number of halogens is 1. The Hall–Kier alpha value is -2.15. The van der Waals surface area contributed by atoms with Crippen LogP contribution in [0.15, 0.2) is 17.1 Å². The van der Waals surface area contributed by atoms with Crippen LogP contribution in [0, 0.1) is 5.92 Å². The second kappa shape index (κ2) is 11.0. The van der Waals surface area contributed by atoms with E-state index in [0.717, 1.165) is 44.0 Å². The lowest BCUT2D eigenvalue weighted by molar-refractivity contribution is -0.146. The second-order valence-corrected chi connectivity index (χ2v) is 6.90. The third-order valence-electron chi connectivity index (χ3n) is 4.65. The van der Waals surface area contributed by atoms with Crippen LogP contribution in [0.2, 0.25) is 5.02 Å². The zero-order valence-electron chi connectivity index (χ0n) is 17.1. The molecule has 1 aliphatic heterocycles. The number of likely N-dealkylation sites (tertiary alicyclic amines) is 1. The van der Waals surface area contributed by atoms with Gasteiger partial charge >= 0.3 is 5.97 Å². The Labute approximate surface area is 172 Å². The molecule has 1 N–H and O–H groups in total. The Morgan fingerprint density at radius 1 is 1.29 bits per heavy atom. The quantitative estimate of drug-likeness (QED) is 0.422. The van der Waals surface area contributed by atoms with Crippen LogP contribution >= 0.6 is 11.6 Å². The van der Waals surface area contributed by atoms with Crippen molar-refractivity contribution in [2.45, 2.75) is 33.2 Å². The average Bonchev–Trinajstić information content (AvgIpc) is 2.72. The summed E-state index contributed by atoms with van der Waals surface area (Å²) in [5, 5.41) is 3.84. The molecule has 0 aliphatic carbocycles. The van der Waals surface area contributed by atoms with Crippen LogP contribution in [0.3, 0.4) is 0 Å². The van der Waals surface area contributed by atoms with E-state index in [4.69, 9.17) is 30.8 Å². The average molecular weight is 412 g/mol. The molecule has 8 heteroatoms. The van der Waals surface area contributed by atoms with Gasteiger partial charge in [-0.25, -0.2) is 4.99 Å². The smallest absolute Gasteiger partial charge is 0.308 e. The van der Waals surface area contributed by atoms with Crippen LogP contribution in [0.1, 0.15) is 32.3 Å². The summed E-state index contributed by atoms with van der Waals surface area (Å²) < 4.78 is 15.8. The minimum Gasteiger partial charge on any atom is -0.493 e. The van der Waals surface area contributed by atoms with Crippen molar-refractivity contribution in [1.29, 1.82) is 0 Å². The molecule has 1 saturated heterocycles. The fourth-order valence-electron chi connectivity index (χ4n) is 3.23. The number of guanidine groups is 1. The lowest BCUT2D eigenvalue weighted by Gasteiger charge is -2.33. The lowest BCUT2D eigenvalue weighted by Crippen LogP contribution is -2.46. The third kappa shape index (κ3) is 5.67. The molecule has 7 nitrogen and oxygen atoms in total. The highest BCUT2D eigenvalue weighted by molar-refractivity contribution is 6.32. The van der Waals surface area contributed by atoms with Gasteiger partial charge in [-0.3, -0.25) is 4.79 Å². The summed E-state index contributed by atoms with van der Waals surface area (Å²) in [6, 6.07) is 3.75. The highest BCUT2D eigenvalue weighted by Gasteiger charge is 2.27. The lowest BCUT2D eigenvalue weighted by atomic mass is 9.97. The monoisotopic (exact) mass is 411 g/mol. The van der Waals surface area contributed by atoms with E-state index in [-0.39, 0.29) is 11.9 Å². The second-order valence-electron chi connectivity index (χ2n) is 6.50. The topological polar surface area (TPSA) is 72.4 Å². The van der Waals surface area contributed by atoms with Crippen LogP contribution in [0.5, 0.6) is 11.5 Å².